The van der Waals surface area contributed by atoms with Crippen molar-refractivity contribution in [1.29, 1.82) is 0 Å². The number of aromatic nitrogens is 2. The fraction of sp³-hybridized carbons (Fsp3) is 0.458. The van der Waals surface area contributed by atoms with Crippen molar-refractivity contribution in [3.63, 3.8) is 0 Å². The number of benzene rings is 1. The molecule has 1 fully saturated rings. The van der Waals surface area contributed by atoms with Crippen molar-refractivity contribution in [3.05, 3.63) is 52.8 Å². The van der Waals surface area contributed by atoms with Crippen LogP contribution in [-0.2, 0) is 10.3 Å². The van der Waals surface area contributed by atoms with Gasteiger partial charge in [-0.25, -0.2) is 4.98 Å². The number of carbonyl (C=O) groups is 1. The zero-order chi connectivity index (χ0) is 21.8. The minimum Gasteiger partial charge on any atom is -0.394 e. The van der Waals surface area contributed by atoms with Gasteiger partial charge in [0.2, 0.25) is 0 Å². The molecule has 1 aromatic carbocycles. The van der Waals surface area contributed by atoms with Crippen LogP contribution in [0.4, 0.5) is 5.69 Å². The summed E-state index contributed by atoms with van der Waals surface area (Å²) in [5, 5.41) is 13.5. The Hall–Kier alpha value is -2.35. The standard InChI is InChI=1S/C24H29N3O3S/c1-24(2,30-13-12-28)17-14-20-21(31-23(27-20)16-8-4-3-5-9-16)15-19(17)26-22(29)18-10-6-7-11-25-18/h6-7,10-11,14-16,28H,3-5,8-9,12-13H2,1-2H3,(H,26,29). The van der Waals surface area contributed by atoms with Crippen molar-refractivity contribution in [3.8, 4) is 0 Å². The number of thiazole rings is 1. The maximum absolute atomic E-state index is 12.8. The first-order valence-corrected chi connectivity index (χ1v) is 11.7. The summed E-state index contributed by atoms with van der Waals surface area (Å²) in [4.78, 5) is 21.9. The smallest absolute Gasteiger partial charge is 0.274 e. The second kappa shape index (κ2) is 9.42. The number of nitrogens with zero attached hydrogens (tertiary/aromatic N) is 2. The number of aliphatic hydroxyl groups excluding tert-OH is 1. The van der Waals surface area contributed by atoms with Gasteiger partial charge in [0.25, 0.3) is 5.91 Å². The minimum atomic E-state index is -0.710. The van der Waals surface area contributed by atoms with Crippen molar-refractivity contribution in [2.24, 2.45) is 0 Å². The molecule has 0 saturated heterocycles. The number of fused-ring (bicyclic) bond motifs is 1. The molecule has 1 aliphatic carbocycles. The van der Waals surface area contributed by atoms with Crippen molar-refractivity contribution < 1.29 is 14.6 Å². The molecular formula is C24H29N3O3S. The lowest BCUT2D eigenvalue weighted by Crippen LogP contribution is -2.26. The molecule has 1 aliphatic rings. The van der Waals surface area contributed by atoms with Gasteiger partial charge in [0.05, 0.1) is 34.0 Å². The normalized spacial score (nSPS) is 15.3. The van der Waals surface area contributed by atoms with Crippen LogP contribution in [0.15, 0.2) is 36.5 Å². The van der Waals surface area contributed by atoms with E-state index in [1.807, 2.05) is 26.0 Å². The Morgan fingerprint density at radius 3 is 2.77 bits per heavy atom. The molecule has 164 valence electrons. The SMILES string of the molecule is CC(C)(OCCO)c1cc2nc(C3CCCCC3)sc2cc1NC(=O)c1ccccn1. The summed E-state index contributed by atoms with van der Waals surface area (Å²) in [5.41, 5.74) is 2.09. The van der Waals surface area contributed by atoms with E-state index in [0.29, 0.717) is 17.3 Å². The maximum Gasteiger partial charge on any atom is 0.274 e. The molecule has 0 spiro atoms. The molecule has 0 bridgehead atoms. The highest BCUT2D eigenvalue weighted by atomic mass is 32.1. The summed E-state index contributed by atoms with van der Waals surface area (Å²) in [6.45, 7) is 4.02. The fourth-order valence-electron chi connectivity index (χ4n) is 4.18. The van der Waals surface area contributed by atoms with E-state index in [1.54, 1.807) is 35.7 Å². The predicted molar refractivity (Wildman–Crippen MR) is 124 cm³/mol. The molecule has 31 heavy (non-hydrogen) atoms. The number of aliphatic hydroxyl groups is 1. The first kappa shape index (κ1) is 21.9. The van der Waals surface area contributed by atoms with E-state index in [-0.39, 0.29) is 19.1 Å². The second-order valence-electron chi connectivity index (χ2n) is 8.50. The summed E-state index contributed by atoms with van der Waals surface area (Å²) in [6.07, 6.45) is 7.83. The van der Waals surface area contributed by atoms with E-state index < -0.39 is 5.60 Å². The lowest BCUT2D eigenvalue weighted by Gasteiger charge is -2.28. The van der Waals surface area contributed by atoms with Gasteiger partial charge in [0.15, 0.2) is 0 Å². The fourth-order valence-corrected chi connectivity index (χ4v) is 5.34. The molecule has 3 aromatic rings. The summed E-state index contributed by atoms with van der Waals surface area (Å²) in [6, 6.07) is 9.28. The zero-order valence-electron chi connectivity index (χ0n) is 18.1. The van der Waals surface area contributed by atoms with E-state index in [9.17, 15) is 9.90 Å². The molecule has 0 atom stereocenters. The highest BCUT2D eigenvalue weighted by molar-refractivity contribution is 7.18. The van der Waals surface area contributed by atoms with E-state index in [1.165, 1.54) is 37.1 Å². The van der Waals surface area contributed by atoms with E-state index in [2.05, 4.69) is 10.3 Å². The molecule has 0 unspecified atom stereocenters. The third-order valence-electron chi connectivity index (χ3n) is 5.85. The van der Waals surface area contributed by atoms with Crippen LogP contribution >= 0.6 is 11.3 Å². The van der Waals surface area contributed by atoms with Gasteiger partial charge in [-0.3, -0.25) is 9.78 Å². The Kier molecular flexibility index (Phi) is 6.65. The Morgan fingerprint density at radius 2 is 2.06 bits per heavy atom. The molecule has 0 aliphatic heterocycles. The number of anilines is 1. The van der Waals surface area contributed by atoms with Crippen LogP contribution in [0, 0.1) is 0 Å². The van der Waals surface area contributed by atoms with E-state index >= 15 is 0 Å². The molecule has 7 heteroatoms. The van der Waals surface area contributed by atoms with Gasteiger partial charge >= 0.3 is 0 Å². The highest BCUT2D eigenvalue weighted by Gasteiger charge is 2.28. The van der Waals surface area contributed by atoms with Crippen LogP contribution in [0.2, 0.25) is 0 Å². The Morgan fingerprint density at radius 1 is 1.26 bits per heavy atom. The third kappa shape index (κ3) is 4.95. The number of amides is 1. The predicted octanol–water partition coefficient (Wildman–Crippen LogP) is 5.24. The highest BCUT2D eigenvalue weighted by Crippen LogP contribution is 2.40. The van der Waals surface area contributed by atoms with Gasteiger partial charge in [-0.05, 0) is 51.0 Å². The summed E-state index contributed by atoms with van der Waals surface area (Å²) >= 11 is 1.72. The largest absolute Gasteiger partial charge is 0.394 e. The minimum absolute atomic E-state index is 0.0656. The van der Waals surface area contributed by atoms with Crippen LogP contribution in [0.1, 0.15) is 72.9 Å². The second-order valence-corrected chi connectivity index (χ2v) is 9.57. The van der Waals surface area contributed by atoms with Crippen LogP contribution in [0.3, 0.4) is 0 Å². The Balaban J connectivity index is 1.73. The van der Waals surface area contributed by atoms with Crippen LogP contribution in [-0.4, -0.2) is 34.2 Å². The number of ether oxygens (including phenoxy) is 1. The van der Waals surface area contributed by atoms with Crippen LogP contribution in [0.5, 0.6) is 0 Å². The first-order valence-electron chi connectivity index (χ1n) is 10.9. The average Bonchev–Trinajstić information content (AvgIpc) is 3.21. The van der Waals surface area contributed by atoms with Gasteiger partial charge in [-0.2, -0.15) is 0 Å². The van der Waals surface area contributed by atoms with Crippen molar-refractivity contribution in [2.75, 3.05) is 18.5 Å². The number of pyridine rings is 1. The molecule has 6 nitrogen and oxygen atoms in total. The summed E-state index contributed by atoms with van der Waals surface area (Å²) < 4.78 is 6.98. The van der Waals surface area contributed by atoms with Gasteiger partial charge in [0.1, 0.15) is 5.69 Å². The Labute approximate surface area is 186 Å². The van der Waals surface area contributed by atoms with E-state index in [0.717, 1.165) is 15.8 Å². The van der Waals surface area contributed by atoms with Crippen LogP contribution < -0.4 is 5.32 Å². The number of hydrogen-bond donors (Lipinski definition) is 2. The monoisotopic (exact) mass is 439 g/mol. The topological polar surface area (TPSA) is 84.3 Å². The molecular weight excluding hydrogens is 410 g/mol. The quantitative estimate of drug-likeness (QED) is 0.526. The molecule has 0 radical (unpaired) electrons. The first-order chi connectivity index (χ1) is 15.0. The van der Waals surface area contributed by atoms with Crippen LogP contribution in [0.25, 0.3) is 10.2 Å². The number of nitrogens with one attached hydrogen (secondary N) is 1. The number of carbonyl (C=O) groups excluding carboxylic acids is 1. The van der Waals surface area contributed by atoms with Gasteiger partial charge in [-0.15, -0.1) is 11.3 Å². The molecule has 2 heterocycles. The summed E-state index contributed by atoms with van der Waals surface area (Å²) in [7, 11) is 0. The zero-order valence-corrected chi connectivity index (χ0v) is 18.9. The Bertz CT molecular complexity index is 1040. The number of rotatable bonds is 7. The third-order valence-corrected chi connectivity index (χ3v) is 7.03. The molecule has 1 saturated carbocycles. The lowest BCUT2D eigenvalue weighted by molar-refractivity contribution is -0.0364. The summed E-state index contributed by atoms with van der Waals surface area (Å²) in [5.74, 6) is 0.260. The van der Waals surface area contributed by atoms with Crippen molar-refractivity contribution in [1.82, 2.24) is 9.97 Å². The van der Waals surface area contributed by atoms with Crippen molar-refractivity contribution >= 4 is 33.1 Å². The number of hydrogen-bond acceptors (Lipinski definition) is 6. The molecule has 2 N–H and O–H groups in total. The molecule has 1 amide bonds. The van der Waals surface area contributed by atoms with Gasteiger partial charge < -0.3 is 15.2 Å². The van der Waals surface area contributed by atoms with Gasteiger partial charge in [0, 0.05) is 23.4 Å². The van der Waals surface area contributed by atoms with Gasteiger partial charge in [-0.1, -0.05) is 25.3 Å². The maximum atomic E-state index is 12.8. The lowest BCUT2D eigenvalue weighted by atomic mass is 9.90. The molecule has 4 rings (SSSR count). The van der Waals surface area contributed by atoms with E-state index in [4.69, 9.17) is 9.72 Å². The van der Waals surface area contributed by atoms with Crippen molar-refractivity contribution in [2.45, 2.75) is 57.5 Å². The molecule has 2 aromatic heterocycles. The average molecular weight is 440 g/mol.